The Morgan fingerprint density at radius 1 is 0.769 bits per heavy atom. The van der Waals surface area contributed by atoms with E-state index in [0.717, 1.165) is 36.9 Å². The van der Waals surface area contributed by atoms with Crippen LogP contribution in [0.4, 0.5) is 0 Å². The molecule has 1 aliphatic heterocycles. The Bertz CT molecular complexity index is 558. The summed E-state index contributed by atoms with van der Waals surface area (Å²) in [7, 11) is 0. The molecule has 5 aliphatic rings. The lowest BCUT2D eigenvalue weighted by molar-refractivity contribution is -0.218. The SMILES string of the molecule is CC1([C@H]2CC[C@H]3[C@@H]4CC[C@H]5C[C@@H](N)CC[C@]5(C)[C@H]4CC[C@]23C)OCCO1. The van der Waals surface area contributed by atoms with Crippen LogP contribution in [-0.4, -0.2) is 25.0 Å². The van der Waals surface area contributed by atoms with Gasteiger partial charge in [-0.2, -0.15) is 0 Å². The standard InChI is InChI=1S/C23H39NO2/c1-21-10-8-16(24)14-15(21)4-5-17-18-6-7-20(23(3)25-12-13-26-23)22(18,2)11-9-19(17)21/h15-20H,4-14,24H2,1-3H3/t15-,16-,17-,18-,19-,20-,21-,22-/m0/s1. The Morgan fingerprint density at radius 3 is 2.23 bits per heavy atom. The second kappa shape index (κ2) is 5.94. The molecule has 1 heterocycles. The molecule has 3 nitrogen and oxygen atoms in total. The molecule has 8 atom stereocenters. The van der Waals surface area contributed by atoms with Crippen LogP contribution in [0.15, 0.2) is 0 Å². The maximum atomic E-state index is 6.35. The van der Waals surface area contributed by atoms with E-state index in [1.54, 1.807) is 0 Å². The van der Waals surface area contributed by atoms with Gasteiger partial charge >= 0.3 is 0 Å². The smallest absolute Gasteiger partial charge is 0.169 e. The van der Waals surface area contributed by atoms with Crippen molar-refractivity contribution in [2.24, 2.45) is 46.2 Å². The summed E-state index contributed by atoms with van der Waals surface area (Å²) in [6.45, 7) is 9.01. The molecule has 2 N–H and O–H groups in total. The number of hydrogen-bond donors (Lipinski definition) is 1. The van der Waals surface area contributed by atoms with Gasteiger partial charge in [-0.05, 0) is 99.2 Å². The summed E-state index contributed by atoms with van der Waals surface area (Å²) in [6, 6.07) is 0.464. The fraction of sp³-hybridized carbons (Fsp3) is 1.00. The fourth-order valence-electron chi connectivity index (χ4n) is 8.88. The van der Waals surface area contributed by atoms with E-state index in [9.17, 15) is 0 Å². The van der Waals surface area contributed by atoms with Crippen LogP contribution in [0, 0.1) is 40.4 Å². The molecular weight excluding hydrogens is 322 g/mol. The molecule has 0 radical (unpaired) electrons. The Labute approximate surface area is 159 Å². The minimum absolute atomic E-state index is 0.324. The van der Waals surface area contributed by atoms with Crippen LogP contribution in [0.25, 0.3) is 0 Å². The molecule has 5 fully saturated rings. The van der Waals surface area contributed by atoms with Crippen molar-refractivity contribution >= 4 is 0 Å². The Balaban J connectivity index is 1.41. The lowest BCUT2D eigenvalue weighted by Gasteiger charge is -2.61. The van der Waals surface area contributed by atoms with E-state index >= 15 is 0 Å². The molecule has 26 heavy (non-hydrogen) atoms. The second-order valence-corrected chi connectivity index (χ2v) is 11.1. The predicted molar refractivity (Wildman–Crippen MR) is 104 cm³/mol. The summed E-state index contributed by atoms with van der Waals surface area (Å²) in [5.41, 5.74) is 7.32. The van der Waals surface area contributed by atoms with E-state index in [4.69, 9.17) is 15.2 Å². The average Bonchev–Trinajstić information content (AvgIpc) is 3.19. The quantitative estimate of drug-likeness (QED) is 0.734. The molecule has 1 saturated heterocycles. The third-order valence-electron chi connectivity index (χ3n) is 10.2. The third-order valence-corrected chi connectivity index (χ3v) is 10.2. The molecule has 148 valence electrons. The van der Waals surface area contributed by atoms with Gasteiger partial charge < -0.3 is 15.2 Å². The molecular formula is C23H39NO2. The van der Waals surface area contributed by atoms with Gasteiger partial charge in [0.2, 0.25) is 0 Å². The van der Waals surface area contributed by atoms with Crippen LogP contribution in [0.2, 0.25) is 0 Å². The third kappa shape index (κ3) is 2.35. The van der Waals surface area contributed by atoms with Gasteiger partial charge in [-0.1, -0.05) is 13.8 Å². The molecule has 0 aromatic rings. The van der Waals surface area contributed by atoms with Crippen LogP contribution in [-0.2, 0) is 9.47 Å². The van der Waals surface area contributed by atoms with Crippen molar-refractivity contribution in [3.05, 3.63) is 0 Å². The van der Waals surface area contributed by atoms with Crippen LogP contribution >= 0.6 is 0 Å². The first kappa shape index (κ1) is 17.9. The molecule has 0 unspecified atom stereocenters. The number of rotatable bonds is 1. The first-order valence-electron chi connectivity index (χ1n) is 11.4. The Kier molecular flexibility index (Phi) is 4.10. The van der Waals surface area contributed by atoms with E-state index in [1.807, 2.05) is 0 Å². The predicted octanol–water partition coefficient (Wildman–Crippen LogP) is 4.74. The summed E-state index contributed by atoms with van der Waals surface area (Å²) < 4.78 is 12.3. The topological polar surface area (TPSA) is 44.5 Å². The molecule has 0 aromatic heterocycles. The van der Waals surface area contributed by atoms with Crippen LogP contribution in [0.3, 0.4) is 0 Å². The Morgan fingerprint density at radius 2 is 1.46 bits per heavy atom. The molecule has 3 heteroatoms. The van der Waals surface area contributed by atoms with Gasteiger partial charge in [0.05, 0.1) is 13.2 Å². The van der Waals surface area contributed by atoms with E-state index in [2.05, 4.69) is 20.8 Å². The summed E-state index contributed by atoms with van der Waals surface area (Å²) in [5, 5.41) is 0. The average molecular weight is 362 g/mol. The van der Waals surface area contributed by atoms with Crippen LogP contribution < -0.4 is 5.73 Å². The zero-order valence-corrected chi connectivity index (χ0v) is 17.1. The summed E-state index contributed by atoms with van der Waals surface area (Å²) in [6.07, 6.45) is 12.3. The highest BCUT2D eigenvalue weighted by Crippen LogP contribution is 2.68. The largest absolute Gasteiger partial charge is 0.348 e. The van der Waals surface area contributed by atoms with Crippen LogP contribution in [0.1, 0.15) is 78.6 Å². The zero-order valence-electron chi connectivity index (χ0n) is 17.1. The van der Waals surface area contributed by atoms with Gasteiger partial charge in [0, 0.05) is 12.0 Å². The minimum Gasteiger partial charge on any atom is -0.348 e. The van der Waals surface area contributed by atoms with Gasteiger partial charge in [-0.15, -0.1) is 0 Å². The van der Waals surface area contributed by atoms with E-state index in [1.165, 1.54) is 57.8 Å². The van der Waals surface area contributed by atoms with Crippen molar-refractivity contribution in [2.75, 3.05) is 13.2 Å². The molecule has 0 bridgehead atoms. The van der Waals surface area contributed by atoms with Crippen molar-refractivity contribution in [2.45, 2.75) is 90.4 Å². The van der Waals surface area contributed by atoms with Crippen LogP contribution in [0.5, 0.6) is 0 Å². The zero-order chi connectivity index (χ0) is 18.2. The van der Waals surface area contributed by atoms with Crippen molar-refractivity contribution in [3.63, 3.8) is 0 Å². The summed E-state index contributed by atoms with van der Waals surface area (Å²) in [5.74, 6) is 3.88. The maximum absolute atomic E-state index is 6.35. The lowest BCUT2D eigenvalue weighted by atomic mass is 9.44. The summed E-state index contributed by atoms with van der Waals surface area (Å²) in [4.78, 5) is 0. The lowest BCUT2D eigenvalue weighted by Crippen LogP contribution is -2.56. The van der Waals surface area contributed by atoms with Gasteiger partial charge in [0.25, 0.3) is 0 Å². The maximum Gasteiger partial charge on any atom is 0.169 e. The number of hydrogen-bond acceptors (Lipinski definition) is 3. The molecule has 4 aliphatic carbocycles. The van der Waals surface area contributed by atoms with Crippen molar-refractivity contribution in [1.29, 1.82) is 0 Å². The van der Waals surface area contributed by atoms with Gasteiger partial charge in [0.1, 0.15) is 0 Å². The van der Waals surface area contributed by atoms with Crippen molar-refractivity contribution in [3.8, 4) is 0 Å². The highest BCUT2D eigenvalue weighted by Gasteiger charge is 2.63. The highest BCUT2D eigenvalue weighted by molar-refractivity contribution is 5.11. The minimum atomic E-state index is -0.324. The van der Waals surface area contributed by atoms with Crippen molar-refractivity contribution in [1.82, 2.24) is 0 Å². The molecule has 4 saturated carbocycles. The first-order valence-corrected chi connectivity index (χ1v) is 11.4. The van der Waals surface area contributed by atoms with Gasteiger partial charge in [-0.3, -0.25) is 0 Å². The fourth-order valence-corrected chi connectivity index (χ4v) is 8.88. The van der Waals surface area contributed by atoms with Crippen molar-refractivity contribution < 1.29 is 9.47 Å². The monoisotopic (exact) mass is 361 g/mol. The van der Waals surface area contributed by atoms with E-state index in [-0.39, 0.29) is 5.79 Å². The normalized spacial score (nSPS) is 55.8. The molecule has 0 spiro atoms. The van der Waals surface area contributed by atoms with E-state index in [0.29, 0.717) is 22.8 Å². The second-order valence-electron chi connectivity index (χ2n) is 11.1. The van der Waals surface area contributed by atoms with E-state index < -0.39 is 0 Å². The number of fused-ring (bicyclic) bond motifs is 5. The molecule has 0 aromatic carbocycles. The van der Waals surface area contributed by atoms with Gasteiger partial charge in [0.15, 0.2) is 5.79 Å². The number of ether oxygens (including phenoxy) is 2. The summed E-state index contributed by atoms with van der Waals surface area (Å²) >= 11 is 0. The first-order chi connectivity index (χ1) is 12.4. The number of nitrogens with two attached hydrogens (primary N) is 1. The van der Waals surface area contributed by atoms with Gasteiger partial charge in [-0.25, -0.2) is 0 Å². The molecule has 0 amide bonds. The Hall–Kier alpha value is -0.120. The highest BCUT2D eigenvalue weighted by atomic mass is 16.7. The molecule has 5 rings (SSSR count).